The van der Waals surface area contributed by atoms with Crippen LogP contribution in [-0.4, -0.2) is 21.0 Å². The molecule has 16 heavy (non-hydrogen) atoms. The first-order valence-corrected chi connectivity index (χ1v) is 4.06. The number of nitro groups is 1. The number of carboxylic acids is 1. The summed E-state index contributed by atoms with van der Waals surface area (Å²) in [6.07, 6.45) is -3.70. The second kappa shape index (κ2) is 4.60. The molecule has 1 aromatic rings. The third-order valence-electron chi connectivity index (χ3n) is 1.73. The van der Waals surface area contributed by atoms with Crippen LogP contribution >= 0.6 is 0 Å². The predicted octanol–water partition coefficient (Wildman–Crippen LogP) is 1.55. The van der Waals surface area contributed by atoms with E-state index in [9.17, 15) is 23.7 Å². The van der Waals surface area contributed by atoms with Gasteiger partial charge in [0, 0.05) is 11.6 Å². The first-order chi connectivity index (χ1) is 7.41. The number of alkyl halides is 2. The molecule has 0 radical (unpaired) electrons. The lowest BCUT2D eigenvalue weighted by Gasteiger charge is -2.01. The fourth-order valence-electron chi connectivity index (χ4n) is 1.10. The smallest absolute Gasteiger partial charge is 0.363 e. The lowest BCUT2D eigenvalue weighted by Crippen LogP contribution is -2.07. The van der Waals surface area contributed by atoms with Crippen LogP contribution in [0.5, 0.6) is 0 Å². The van der Waals surface area contributed by atoms with Crippen molar-refractivity contribution >= 4 is 11.8 Å². The molecule has 0 amide bonds. The Labute approximate surface area is 87.7 Å². The molecule has 6 nitrogen and oxygen atoms in total. The predicted molar refractivity (Wildman–Crippen MR) is 47.2 cm³/mol. The Morgan fingerprint density at radius 1 is 1.56 bits per heavy atom. The van der Waals surface area contributed by atoms with E-state index in [2.05, 4.69) is 4.98 Å². The molecule has 0 atom stereocenters. The minimum atomic E-state index is -3.05. The van der Waals surface area contributed by atoms with Gasteiger partial charge in [0.1, 0.15) is 0 Å². The van der Waals surface area contributed by atoms with Crippen molar-refractivity contribution in [2.75, 3.05) is 0 Å². The number of rotatable bonds is 4. The number of halogens is 2. The van der Waals surface area contributed by atoms with Gasteiger partial charge in [-0.05, 0) is 16.0 Å². The molecule has 0 fully saturated rings. The summed E-state index contributed by atoms with van der Waals surface area (Å²) in [5, 5.41) is 18.7. The van der Waals surface area contributed by atoms with Gasteiger partial charge in [-0.25, -0.2) is 8.78 Å². The highest BCUT2D eigenvalue weighted by atomic mass is 19.3. The number of hydrogen-bond donors (Lipinski definition) is 1. The first kappa shape index (κ1) is 12.0. The summed E-state index contributed by atoms with van der Waals surface area (Å²) in [6.45, 7) is 0. The van der Waals surface area contributed by atoms with E-state index in [1.807, 2.05) is 0 Å². The van der Waals surface area contributed by atoms with Gasteiger partial charge in [-0.3, -0.25) is 4.79 Å². The number of hydrogen-bond acceptors (Lipinski definition) is 4. The van der Waals surface area contributed by atoms with Gasteiger partial charge in [0.25, 0.3) is 0 Å². The highest BCUT2D eigenvalue weighted by molar-refractivity contribution is 5.70. The zero-order valence-electron chi connectivity index (χ0n) is 7.76. The molecular weight excluding hydrogens is 226 g/mol. The topological polar surface area (TPSA) is 93.3 Å². The van der Waals surface area contributed by atoms with Gasteiger partial charge < -0.3 is 15.2 Å². The maximum Gasteiger partial charge on any atom is 0.363 e. The molecule has 1 rings (SSSR count). The summed E-state index contributed by atoms with van der Waals surface area (Å²) in [4.78, 5) is 22.8. The first-order valence-electron chi connectivity index (χ1n) is 4.06. The molecule has 0 spiro atoms. The van der Waals surface area contributed by atoms with Crippen molar-refractivity contribution in [3.8, 4) is 0 Å². The molecule has 0 aliphatic carbocycles. The van der Waals surface area contributed by atoms with Crippen LogP contribution in [0, 0.1) is 10.1 Å². The van der Waals surface area contributed by atoms with Crippen molar-refractivity contribution in [1.82, 2.24) is 4.98 Å². The van der Waals surface area contributed by atoms with Crippen LogP contribution in [0.3, 0.4) is 0 Å². The van der Waals surface area contributed by atoms with E-state index < -0.39 is 35.3 Å². The quantitative estimate of drug-likeness (QED) is 0.627. The van der Waals surface area contributed by atoms with Crippen molar-refractivity contribution in [2.24, 2.45) is 0 Å². The lowest BCUT2D eigenvalue weighted by atomic mass is 10.1. The number of nitrogens with zero attached hydrogens (tertiary/aromatic N) is 2. The molecular formula is C8H6F2N2O4. The summed E-state index contributed by atoms with van der Waals surface area (Å²) < 4.78 is 24.9. The van der Waals surface area contributed by atoms with E-state index in [4.69, 9.17) is 5.11 Å². The lowest BCUT2D eigenvalue weighted by molar-refractivity contribution is -0.389. The molecule has 0 aromatic carbocycles. The second-order valence-electron chi connectivity index (χ2n) is 2.84. The molecule has 8 heteroatoms. The SMILES string of the molecule is O=C(O)Cc1ccc([N+](=O)[O-])nc1C(F)F. The van der Waals surface area contributed by atoms with Crippen LogP contribution in [-0.2, 0) is 11.2 Å². The largest absolute Gasteiger partial charge is 0.481 e. The zero-order valence-corrected chi connectivity index (χ0v) is 7.76. The molecule has 0 saturated heterocycles. The van der Waals surface area contributed by atoms with Gasteiger partial charge in [-0.15, -0.1) is 0 Å². The Kier molecular flexibility index (Phi) is 3.44. The van der Waals surface area contributed by atoms with E-state index in [-0.39, 0.29) is 5.56 Å². The Hall–Kier alpha value is -2.12. The molecule has 0 unspecified atom stereocenters. The van der Waals surface area contributed by atoms with Crippen molar-refractivity contribution in [1.29, 1.82) is 0 Å². The third-order valence-corrected chi connectivity index (χ3v) is 1.73. The minimum absolute atomic E-state index is 0.229. The Bertz CT molecular complexity index is 436. The molecule has 0 aliphatic heterocycles. The summed E-state index contributed by atoms with van der Waals surface area (Å²) in [5.74, 6) is -2.04. The average molecular weight is 232 g/mol. The van der Waals surface area contributed by atoms with E-state index >= 15 is 0 Å². The van der Waals surface area contributed by atoms with Crippen LogP contribution in [0.4, 0.5) is 14.6 Å². The van der Waals surface area contributed by atoms with Crippen molar-refractivity contribution < 1.29 is 23.6 Å². The summed E-state index contributed by atoms with van der Waals surface area (Å²) in [5.41, 5.74) is -1.09. The van der Waals surface area contributed by atoms with Crippen LogP contribution in [0.2, 0.25) is 0 Å². The number of pyridine rings is 1. The number of carboxylic acid groups (broad SMARTS) is 1. The maximum absolute atomic E-state index is 12.4. The number of aromatic nitrogens is 1. The Morgan fingerprint density at radius 2 is 2.19 bits per heavy atom. The van der Waals surface area contributed by atoms with Crippen LogP contribution in [0.1, 0.15) is 17.7 Å². The van der Waals surface area contributed by atoms with Gasteiger partial charge in [-0.1, -0.05) is 0 Å². The summed E-state index contributed by atoms with van der Waals surface area (Å²) in [6, 6.07) is 1.87. The molecule has 0 saturated carbocycles. The Balaban J connectivity index is 3.19. The van der Waals surface area contributed by atoms with E-state index in [0.717, 1.165) is 12.1 Å². The van der Waals surface area contributed by atoms with Crippen LogP contribution in [0.25, 0.3) is 0 Å². The van der Waals surface area contributed by atoms with Crippen molar-refractivity contribution in [3.05, 3.63) is 33.5 Å². The molecule has 0 bridgehead atoms. The average Bonchev–Trinajstić information content (AvgIpc) is 2.16. The van der Waals surface area contributed by atoms with Crippen molar-refractivity contribution in [3.63, 3.8) is 0 Å². The van der Waals surface area contributed by atoms with Gasteiger partial charge in [0.15, 0.2) is 0 Å². The molecule has 0 aliphatic rings. The van der Waals surface area contributed by atoms with Gasteiger partial charge >= 0.3 is 18.2 Å². The molecule has 86 valence electrons. The van der Waals surface area contributed by atoms with Gasteiger partial charge in [0.2, 0.25) is 5.69 Å². The fourth-order valence-corrected chi connectivity index (χ4v) is 1.10. The summed E-state index contributed by atoms with van der Waals surface area (Å²) >= 11 is 0. The van der Waals surface area contributed by atoms with Crippen molar-refractivity contribution in [2.45, 2.75) is 12.8 Å². The highest BCUT2D eigenvalue weighted by Crippen LogP contribution is 2.23. The van der Waals surface area contributed by atoms with Crippen LogP contribution in [0.15, 0.2) is 12.1 Å². The van der Waals surface area contributed by atoms with E-state index in [1.165, 1.54) is 0 Å². The molecule has 1 N–H and O–H groups in total. The fraction of sp³-hybridized carbons (Fsp3) is 0.250. The van der Waals surface area contributed by atoms with Gasteiger partial charge in [0.05, 0.1) is 6.42 Å². The highest BCUT2D eigenvalue weighted by Gasteiger charge is 2.24. The second-order valence-corrected chi connectivity index (χ2v) is 2.84. The number of carbonyl (C=O) groups is 1. The Morgan fingerprint density at radius 3 is 2.62 bits per heavy atom. The minimum Gasteiger partial charge on any atom is -0.481 e. The number of aliphatic carboxylic acids is 1. The van der Waals surface area contributed by atoms with Gasteiger partial charge in [-0.2, -0.15) is 0 Å². The monoisotopic (exact) mass is 232 g/mol. The van der Waals surface area contributed by atoms with E-state index in [1.54, 1.807) is 0 Å². The summed E-state index contributed by atoms with van der Waals surface area (Å²) in [7, 11) is 0. The molecule has 1 heterocycles. The standard InChI is InChI=1S/C8H6F2N2O4/c9-8(10)7-4(3-6(13)14)1-2-5(11-7)12(15)16/h1-2,8H,3H2,(H,13,14). The maximum atomic E-state index is 12.4. The zero-order chi connectivity index (χ0) is 12.3. The third kappa shape index (κ3) is 2.69. The molecule has 1 aromatic heterocycles. The van der Waals surface area contributed by atoms with E-state index in [0.29, 0.717) is 0 Å². The van der Waals surface area contributed by atoms with Crippen LogP contribution < -0.4 is 0 Å². The normalized spacial score (nSPS) is 10.4.